The van der Waals surface area contributed by atoms with E-state index in [-0.39, 0.29) is 28.3 Å². The molecule has 0 spiro atoms. The van der Waals surface area contributed by atoms with Gasteiger partial charge in [-0.05, 0) is 49.0 Å². The number of thioether (sulfide) groups is 1. The summed E-state index contributed by atoms with van der Waals surface area (Å²) in [6.07, 6.45) is 3.72. The molecule has 1 N–H and O–H groups in total. The summed E-state index contributed by atoms with van der Waals surface area (Å²) >= 11 is 3.04. The van der Waals surface area contributed by atoms with Crippen molar-refractivity contribution >= 4 is 50.1 Å². The fourth-order valence-electron chi connectivity index (χ4n) is 3.71. The highest BCUT2D eigenvalue weighted by Gasteiger charge is 2.65. The minimum Gasteiger partial charge on any atom is -0.477 e. The van der Waals surface area contributed by atoms with Gasteiger partial charge < -0.3 is 9.53 Å². The van der Waals surface area contributed by atoms with Crippen molar-refractivity contribution in [2.24, 2.45) is 11.3 Å². The SMILES string of the molecule is C[SiH](C)OC(C)([C@H]1C(=O)N2C(C(=O)O)=C(/C=C/c3cccs3)S[C@H]12)C(C)(C)C. The molecular formula is C20H27NO4S2Si. The molecule has 1 fully saturated rings. The largest absolute Gasteiger partial charge is 0.477 e. The zero-order valence-corrected chi connectivity index (χ0v) is 19.8. The Kier molecular flexibility index (Phi) is 5.70. The number of hydrogen-bond acceptors (Lipinski definition) is 5. The summed E-state index contributed by atoms with van der Waals surface area (Å²) in [5.74, 6) is -1.58. The Hall–Kier alpha value is -1.35. The van der Waals surface area contributed by atoms with Crippen LogP contribution in [0.15, 0.2) is 34.2 Å². The Morgan fingerprint density at radius 2 is 1.96 bits per heavy atom. The second-order valence-electron chi connectivity index (χ2n) is 8.58. The van der Waals surface area contributed by atoms with Crippen LogP contribution in [0.25, 0.3) is 6.08 Å². The lowest BCUT2D eigenvalue weighted by atomic mass is 9.66. The molecular weight excluding hydrogens is 410 g/mol. The van der Waals surface area contributed by atoms with Crippen LogP contribution in [0, 0.1) is 11.3 Å². The van der Waals surface area contributed by atoms with Gasteiger partial charge in [0.1, 0.15) is 11.1 Å². The lowest BCUT2D eigenvalue weighted by molar-refractivity contribution is -0.173. The van der Waals surface area contributed by atoms with Crippen LogP contribution in [-0.2, 0) is 14.0 Å². The van der Waals surface area contributed by atoms with Gasteiger partial charge in [-0.1, -0.05) is 38.6 Å². The van der Waals surface area contributed by atoms with Gasteiger partial charge in [0.25, 0.3) is 0 Å². The van der Waals surface area contributed by atoms with Gasteiger partial charge in [-0.2, -0.15) is 0 Å². The Labute approximate surface area is 176 Å². The number of carbonyl (C=O) groups is 2. The van der Waals surface area contributed by atoms with Crippen LogP contribution >= 0.6 is 23.1 Å². The molecule has 3 heterocycles. The van der Waals surface area contributed by atoms with E-state index >= 15 is 0 Å². The van der Waals surface area contributed by atoms with E-state index in [2.05, 4.69) is 33.9 Å². The average Bonchev–Trinajstić information content (AvgIpc) is 3.16. The predicted molar refractivity (Wildman–Crippen MR) is 118 cm³/mol. The number of aliphatic carboxylic acids is 1. The molecule has 3 rings (SSSR count). The second-order valence-corrected chi connectivity index (χ2v) is 13.1. The number of thiophene rings is 1. The van der Waals surface area contributed by atoms with Crippen LogP contribution < -0.4 is 0 Å². The van der Waals surface area contributed by atoms with Crippen molar-refractivity contribution in [3.05, 3.63) is 39.1 Å². The van der Waals surface area contributed by atoms with E-state index in [0.29, 0.717) is 4.91 Å². The molecule has 152 valence electrons. The smallest absolute Gasteiger partial charge is 0.353 e. The molecule has 1 aromatic heterocycles. The van der Waals surface area contributed by atoms with Crippen molar-refractivity contribution in [1.29, 1.82) is 0 Å². The fraction of sp³-hybridized carbons (Fsp3) is 0.500. The van der Waals surface area contributed by atoms with Gasteiger partial charge in [0.2, 0.25) is 5.91 Å². The van der Waals surface area contributed by atoms with E-state index in [1.165, 1.54) is 16.7 Å². The maximum Gasteiger partial charge on any atom is 0.353 e. The van der Waals surface area contributed by atoms with Crippen molar-refractivity contribution in [3.63, 3.8) is 0 Å². The van der Waals surface area contributed by atoms with Crippen molar-refractivity contribution < 1.29 is 19.1 Å². The maximum atomic E-state index is 13.1. The number of carbonyl (C=O) groups excluding carboxylic acids is 1. The molecule has 0 bridgehead atoms. The first kappa shape index (κ1) is 21.4. The fourth-order valence-corrected chi connectivity index (χ4v) is 7.34. The molecule has 5 nitrogen and oxygen atoms in total. The van der Waals surface area contributed by atoms with Crippen molar-refractivity contribution in [2.45, 2.75) is 51.8 Å². The summed E-state index contributed by atoms with van der Waals surface area (Å²) in [7, 11) is -1.42. The van der Waals surface area contributed by atoms with Crippen LogP contribution in [0.2, 0.25) is 13.1 Å². The zero-order chi connectivity index (χ0) is 20.9. The third kappa shape index (κ3) is 3.51. The standard InChI is InChI=1S/C20H27NO4S2Si/c1-19(2,3)20(4,25-28(5)6)14-16(22)21-15(18(23)24)13(27-17(14)21)10-9-12-8-7-11-26-12/h7-11,14,17,28H,1-6H3,(H,23,24)/b10-9+/t14-,17+,20?/m0/s1. The summed E-state index contributed by atoms with van der Waals surface area (Å²) < 4.78 is 6.43. The van der Waals surface area contributed by atoms with E-state index in [4.69, 9.17) is 4.43 Å². The molecule has 0 saturated carbocycles. The van der Waals surface area contributed by atoms with Gasteiger partial charge in [0.15, 0.2) is 9.04 Å². The normalized spacial score (nSPS) is 24.7. The van der Waals surface area contributed by atoms with E-state index in [0.717, 1.165) is 4.88 Å². The van der Waals surface area contributed by atoms with Crippen LogP contribution in [0.1, 0.15) is 32.6 Å². The van der Waals surface area contributed by atoms with Crippen molar-refractivity contribution in [1.82, 2.24) is 4.90 Å². The highest BCUT2D eigenvalue weighted by Crippen LogP contribution is 2.57. The first-order chi connectivity index (χ1) is 13.0. The Morgan fingerprint density at radius 3 is 2.46 bits per heavy atom. The molecule has 2 aliphatic heterocycles. The molecule has 28 heavy (non-hydrogen) atoms. The molecule has 0 radical (unpaired) electrons. The van der Waals surface area contributed by atoms with E-state index in [9.17, 15) is 14.7 Å². The number of β-lactam (4-membered cyclic amide) rings is 1. The number of hydrogen-bond donors (Lipinski definition) is 1. The third-order valence-corrected chi connectivity index (χ3v) is 8.58. The van der Waals surface area contributed by atoms with E-state index < -0.39 is 20.6 Å². The molecule has 8 heteroatoms. The summed E-state index contributed by atoms with van der Waals surface area (Å²) in [5.41, 5.74) is -0.812. The van der Waals surface area contributed by atoms with Gasteiger partial charge >= 0.3 is 5.97 Å². The Balaban J connectivity index is 1.94. The summed E-state index contributed by atoms with van der Waals surface area (Å²) in [4.78, 5) is 28.2. The molecule has 2 aliphatic rings. The quantitative estimate of drug-likeness (QED) is 0.528. The number of nitrogens with zero attached hydrogens (tertiary/aromatic N) is 1. The zero-order valence-electron chi connectivity index (χ0n) is 17.1. The van der Waals surface area contributed by atoms with Gasteiger partial charge in [0.05, 0.1) is 11.5 Å². The van der Waals surface area contributed by atoms with Crippen molar-refractivity contribution in [2.75, 3.05) is 0 Å². The third-order valence-electron chi connectivity index (χ3n) is 5.47. The molecule has 3 atom stereocenters. The van der Waals surface area contributed by atoms with Gasteiger partial charge in [-0.25, -0.2) is 4.79 Å². The number of allylic oxidation sites excluding steroid dienone is 1. The Morgan fingerprint density at radius 1 is 1.29 bits per heavy atom. The number of carboxylic acids is 1. The molecule has 0 aliphatic carbocycles. The van der Waals surface area contributed by atoms with Crippen molar-refractivity contribution in [3.8, 4) is 0 Å². The highest BCUT2D eigenvalue weighted by molar-refractivity contribution is 8.04. The van der Waals surface area contributed by atoms with E-state index in [1.807, 2.05) is 36.6 Å². The summed E-state index contributed by atoms with van der Waals surface area (Å²) in [6.45, 7) is 12.5. The molecule has 1 unspecified atom stereocenters. The van der Waals surface area contributed by atoms with Gasteiger partial charge in [-0.3, -0.25) is 9.69 Å². The summed E-state index contributed by atoms with van der Waals surface area (Å²) in [5, 5.41) is 11.5. The average molecular weight is 438 g/mol. The highest BCUT2D eigenvalue weighted by atomic mass is 32.2. The first-order valence-electron chi connectivity index (χ1n) is 9.34. The number of amides is 1. The van der Waals surface area contributed by atoms with Gasteiger partial charge in [-0.15, -0.1) is 11.3 Å². The minimum atomic E-state index is -1.42. The number of fused-ring (bicyclic) bond motifs is 1. The number of rotatable bonds is 6. The minimum absolute atomic E-state index is 0.0853. The summed E-state index contributed by atoms with van der Waals surface area (Å²) in [6, 6.07) is 3.93. The van der Waals surface area contributed by atoms with Crippen LogP contribution in [-0.4, -0.2) is 41.9 Å². The topological polar surface area (TPSA) is 66.8 Å². The van der Waals surface area contributed by atoms with Gasteiger partial charge in [0, 0.05) is 9.78 Å². The lowest BCUT2D eigenvalue weighted by Crippen LogP contribution is -2.69. The molecule has 1 amide bonds. The second kappa shape index (κ2) is 7.48. The monoisotopic (exact) mass is 437 g/mol. The van der Waals surface area contributed by atoms with Crippen LogP contribution in [0.4, 0.5) is 0 Å². The maximum absolute atomic E-state index is 13.1. The lowest BCUT2D eigenvalue weighted by Gasteiger charge is -2.56. The van der Waals surface area contributed by atoms with E-state index in [1.54, 1.807) is 11.3 Å². The Bertz CT molecular complexity index is 841. The van der Waals surface area contributed by atoms with Crippen LogP contribution in [0.5, 0.6) is 0 Å². The molecule has 0 aromatic carbocycles. The first-order valence-corrected chi connectivity index (χ1v) is 13.9. The number of carboxylic acid groups (broad SMARTS) is 1. The predicted octanol–water partition coefficient (Wildman–Crippen LogP) is 4.39. The molecule has 1 saturated heterocycles. The van der Waals surface area contributed by atoms with Crippen LogP contribution in [0.3, 0.4) is 0 Å². The molecule has 1 aromatic rings.